The predicted octanol–water partition coefficient (Wildman–Crippen LogP) is 3.59. The van der Waals surface area contributed by atoms with Gasteiger partial charge in [0.05, 0.1) is 31.0 Å². The molecule has 0 saturated carbocycles. The molecule has 0 amide bonds. The Bertz CT molecular complexity index is 683. The lowest BCUT2D eigenvalue weighted by Crippen LogP contribution is -2.23. The van der Waals surface area contributed by atoms with E-state index >= 15 is 0 Å². The number of methoxy groups -OCH3 is 1. The first-order valence-corrected chi connectivity index (χ1v) is 6.87. The van der Waals surface area contributed by atoms with Crippen LogP contribution < -0.4 is 14.8 Å². The Morgan fingerprint density at radius 1 is 1.23 bits per heavy atom. The first-order chi connectivity index (χ1) is 10.6. The Hall–Kier alpha value is -2.74. The molecule has 22 heavy (non-hydrogen) atoms. The molecule has 2 rings (SSSR count). The highest BCUT2D eigenvalue weighted by molar-refractivity contribution is 5.49. The third kappa shape index (κ3) is 3.89. The topological polar surface area (TPSA) is 54.3 Å². The molecule has 0 fully saturated rings. The van der Waals surface area contributed by atoms with Crippen molar-refractivity contribution >= 4 is 5.69 Å². The monoisotopic (exact) mass is 300 g/mol. The van der Waals surface area contributed by atoms with E-state index in [-0.39, 0.29) is 6.10 Å². The molecule has 0 radical (unpaired) electrons. The number of para-hydroxylation sites is 2. The van der Waals surface area contributed by atoms with Crippen LogP contribution in [0.25, 0.3) is 0 Å². The number of nitriles is 1. The minimum Gasteiger partial charge on any atom is -0.493 e. The molecule has 1 atom stereocenters. The Labute approximate surface area is 129 Å². The highest BCUT2D eigenvalue weighted by Gasteiger charge is 2.10. The molecule has 1 N–H and O–H groups in total. The lowest BCUT2D eigenvalue weighted by molar-refractivity contribution is 0.223. The van der Waals surface area contributed by atoms with Crippen LogP contribution in [0, 0.1) is 17.1 Å². The first-order valence-electron chi connectivity index (χ1n) is 6.87. The number of ether oxygens (including phenoxy) is 2. The maximum Gasteiger partial charge on any atom is 0.161 e. The van der Waals surface area contributed by atoms with E-state index in [0.29, 0.717) is 29.3 Å². The zero-order valence-corrected chi connectivity index (χ0v) is 12.5. The number of benzene rings is 2. The van der Waals surface area contributed by atoms with Gasteiger partial charge in [0.15, 0.2) is 11.5 Å². The number of anilines is 1. The zero-order valence-electron chi connectivity index (χ0n) is 12.5. The third-order valence-electron chi connectivity index (χ3n) is 3.08. The maximum absolute atomic E-state index is 13.8. The highest BCUT2D eigenvalue weighted by atomic mass is 19.1. The van der Waals surface area contributed by atoms with Crippen molar-refractivity contribution in [2.75, 3.05) is 19.0 Å². The second kappa shape index (κ2) is 7.32. The smallest absolute Gasteiger partial charge is 0.161 e. The first kappa shape index (κ1) is 15.6. The summed E-state index contributed by atoms with van der Waals surface area (Å²) in [7, 11) is 1.58. The fourth-order valence-electron chi connectivity index (χ4n) is 1.96. The summed E-state index contributed by atoms with van der Waals surface area (Å²) < 4.78 is 24.8. The number of hydrogen-bond donors (Lipinski definition) is 1. The third-order valence-corrected chi connectivity index (χ3v) is 3.08. The minimum absolute atomic E-state index is 0.189. The van der Waals surface area contributed by atoms with Gasteiger partial charge in [-0.25, -0.2) is 4.39 Å². The van der Waals surface area contributed by atoms with Crippen LogP contribution in [0.3, 0.4) is 0 Å². The van der Waals surface area contributed by atoms with Crippen LogP contribution >= 0.6 is 0 Å². The molecule has 0 aliphatic heterocycles. The molecule has 0 aliphatic carbocycles. The zero-order chi connectivity index (χ0) is 15.9. The van der Waals surface area contributed by atoms with E-state index in [1.165, 1.54) is 6.07 Å². The maximum atomic E-state index is 13.8. The molecule has 0 aliphatic rings. The van der Waals surface area contributed by atoms with Crippen LogP contribution in [0.2, 0.25) is 0 Å². The largest absolute Gasteiger partial charge is 0.493 e. The van der Waals surface area contributed by atoms with E-state index in [0.717, 1.165) is 0 Å². The molecule has 5 heteroatoms. The average molecular weight is 300 g/mol. The molecule has 4 nitrogen and oxygen atoms in total. The summed E-state index contributed by atoms with van der Waals surface area (Å²) in [6.07, 6.45) is -0.189. The van der Waals surface area contributed by atoms with Crippen LogP contribution in [0.15, 0.2) is 42.5 Å². The molecule has 0 bridgehead atoms. The number of nitrogens with zero attached hydrogens (tertiary/aromatic N) is 1. The summed E-state index contributed by atoms with van der Waals surface area (Å²) in [5, 5.41) is 11.7. The van der Waals surface area contributed by atoms with Crippen molar-refractivity contribution in [3.63, 3.8) is 0 Å². The normalized spacial score (nSPS) is 11.4. The quantitative estimate of drug-likeness (QED) is 0.886. The summed E-state index contributed by atoms with van der Waals surface area (Å²) in [6, 6.07) is 13.6. The minimum atomic E-state index is -0.455. The number of rotatable bonds is 6. The molecule has 114 valence electrons. The van der Waals surface area contributed by atoms with Crippen molar-refractivity contribution in [3.05, 3.63) is 53.8 Å². The molecule has 2 aromatic rings. The Balaban J connectivity index is 1.96. The van der Waals surface area contributed by atoms with Crippen molar-refractivity contribution in [3.8, 4) is 17.6 Å². The van der Waals surface area contributed by atoms with Gasteiger partial charge in [0.25, 0.3) is 0 Å². The van der Waals surface area contributed by atoms with Crippen LogP contribution in [-0.2, 0) is 0 Å². The fraction of sp³-hybridized carbons (Fsp3) is 0.235. The standard InChI is InChI=1S/C17H17FN2O2/c1-12(22-17-6-4-3-5-16(17)21-2)11-20-15-8-7-13(10-19)9-14(15)18/h3-9,12,20H,11H2,1-2H3. The summed E-state index contributed by atoms with van der Waals surface area (Å²) in [6.45, 7) is 2.29. The fourth-order valence-corrected chi connectivity index (χ4v) is 1.96. The van der Waals surface area contributed by atoms with Crippen molar-refractivity contribution in [2.45, 2.75) is 13.0 Å². The summed E-state index contributed by atoms with van der Waals surface area (Å²) in [5.74, 6) is 0.835. The van der Waals surface area contributed by atoms with Crippen molar-refractivity contribution < 1.29 is 13.9 Å². The van der Waals surface area contributed by atoms with Crippen LogP contribution in [0.5, 0.6) is 11.5 Å². The summed E-state index contributed by atoms with van der Waals surface area (Å²) >= 11 is 0. The highest BCUT2D eigenvalue weighted by Crippen LogP contribution is 2.26. The van der Waals surface area contributed by atoms with E-state index in [4.69, 9.17) is 14.7 Å². The second-order valence-corrected chi connectivity index (χ2v) is 4.77. The van der Waals surface area contributed by atoms with Gasteiger partial charge in [-0.15, -0.1) is 0 Å². The van der Waals surface area contributed by atoms with Gasteiger partial charge in [0, 0.05) is 0 Å². The van der Waals surface area contributed by atoms with Gasteiger partial charge in [0.1, 0.15) is 11.9 Å². The molecule has 0 aromatic heterocycles. The predicted molar refractivity (Wildman–Crippen MR) is 82.7 cm³/mol. The molecule has 0 heterocycles. The molecule has 0 spiro atoms. The van der Waals surface area contributed by atoms with E-state index in [1.54, 1.807) is 19.2 Å². The molecule has 1 unspecified atom stereocenters. The summed E-state index contributed by atoms with van der Waals surface area (Å²) in [4.78, 5) is 0. The van der Waals surface area contributed by atoms with Crippen molar-refractivity contribution in [1.29, 1.82) is 5.26 Å². The van der Waals surface area contributed by atoms with Crippen molar-refractivity contribution in [2.24, 2.45) is 0 Å². The van der Waals surface area contributed by atoms with E-state index in [2.05, 4.69) is 5.32 Å². The van der Waals surface area contributed by atoms with Gasteiger partial charge >= 0.3 is 0 Å². The Morgan fingerprint density at radius 3 is 2.59 bits per heavy atom. The molecular formula is C17H17FN2O2. The van der Waals surface area contributed by atoms with Gasteiger partial charge < -0.3 is 14.8 Å². The molecule has 2 aromatic carbocycles. The molecular weight excluding hydrogens is 283 g/mol. The summed E-state index contributed by atoms with van der Waals surface area (Å²) in [5.41, 5.74) is 0.635. The van der Waals surface area contributed by atoms with Gasteiger partial charge in [-0.1, -0.05) is 12.1 Å². The van der Waals surface area contributed by atoms with Crippen LogP contribution in [-0.4, -0.2) is 19.8 Å². The average Bonchev–Trinajstić information content (AvgIpc) is 2.54. The van der Waals surface area contributed by atoms with Gasteiger partial charge in [-0.3, -0.25) is 0 Å². The lowest BCUT2D eigenvalue weighted by atomic mass is 10.2. The lowest BCUT2D eigenvalue weighted by Gasteiger charge is -2.18. The van der Waals surface area contributed by atoms with Crippen LogP contribution in [0.1, 0.15) is 12.5 Å². The second-order valence-electron chi connectivity index (χ2n) is 4.77. The van der Waals surface area contributed by atoms with Crippen molar-refractivity contribution in [1.82, 2.24) is 0 Å². The van der Waals surface area contributed by atoms with Crippen LogP contribution in [0.4, 0.5) is 10.1 Å². The Morgan fingerprint density at radius 2 is 1.95 bits per heavy atom. The Kier molecular flexibility index (Phi) is 5.21. The SMILES string of the molecule is COc1ccccc1OC(C)CNc1ccc(C#N)cc1F. The van der Waals surface area contributed by atoms with Gasteiger partial charge in [0.2, 0.25) is 0 Å². The van der Waals surface area contributed by atoms with Gasteiger partial charge in [-0.05, 0) is 37.3 Å². The van der Waals surface area contributed by atoms with Gasteiger partial charge in [-0.2, -0.15) is 5.26 Å². The number of halogens is 1. The number of hydrogen-bond acceptors (Lipinski definition) is 4. The van der Waals surface area contributed by atoms with E-state index in [9.17, 15) is 4.39 Å². The van der Waals surface area contributed by atoms with E-state index < -0.39 is 5.82 Å². The molecule has 0 saturated heterocycles. The van der Waals surface area contributed by atoms with E-state index in [1.807, 2.05) is 37.3 Å². The number of nitrogens with one attached hydrogen (secondary N) is 1.